The minimum absolute atomic E-state index is 0.0317. The van der Waals surface area contributed by atoms with Crippen LogP contribution in [0.1, 0.15) is 26.6 Å². The molecule has 0 aliphatic heterocycles. The summed E-state index contributed by atoms with van der Waals surface area (Å²) in [5.74, 6) is 0.795. The van der Waals surface area contributed by atoms with Gasteiger partial charge < -0.3 is 14.8 Å². The van der Waals surface area contributed by atoms with Crippen molar-refractivity contribution in [1.29, 1.82) is 0 Å². The van der Waals surface area contributed by atoms with Gasteiger partial charge in [-0.25, -0.2) is 4.68 Å². The van der Waals surface area contributed by atoms with Gasteiger partial charge in [-0.15, -0.1) is 5.10 Å². The summed E-state index contributed by atoms with van der Waals surface area (Å²) >= 11 is 0. The Hall–Kier alpha value is -1.05. The van der Waals surface area contributed by atoms with Gasteiger partial charge in [0, 0.05) is 19.8 Å². The van der Waals surface area contributed by atoms with E-state index >= 15 is 0 Å². The number of tetrazole rings is 1. The molecule has 0 saturated heterocycles. The molecule has 0 aliphatic carbocycles. The largest absolute Gasteiger partial charge is 0.382 e. The summed E-state index contributed by atoms with van der Waals surface area (Å²) in [6.07, 6.45) is -0.0492. The summed E-state index contributed by atoms with van der Waals surface area (Å²) in [7, 11) is 3.30. The van der Waals surface area contributed by atoms with Gasteiger partial charge in [0.2, 0.25) is 0 Å². The fraction of sp³-hybridized carbons (Fsp3) is 0.909. The molecule has 0 saturated carbocycles. The van der Waals surface area contributed by atoms with Crippen molar-refractivity contribution in [2.45, 2.75) is 45.5 Å². The van der Waals surface area contributed by atoms with E-state index in [4.69, 9.17) is 9.47 Å². The third-order valence-corrected chi connectivity index (χ3v) is 2.45. The molecule has 104 valence electrons. The molecule has 7 nitrogen and oxygen atoms in total. The molecule has 0 radical (unpaired) electrons. The predicted octanol–water partition coefficient (Wildman–Crippen LogP) is 0.223. The van der Waals surface area contributed by atoms with Crippen molar-refractivity contribution in [1.82, 2.24) is 25.5 Å². The molecule has 1 atom stereocenters. The van der Waals surface area contributed by atoms with Crippen LogP contribution >= 0.6 is 0 Å². The zero-order chi connectivity index (χ0) is 13.6. The van der Waals surface area contributed by atoms with Gasteiger partial charge in [0.25, 0.3) is 0 Å². The van der Waals surface area contributed by atoms with Crippen LogP contribution in [0.4, 0.5) is 0 Å². The van der Waals surface area contributed by atoms with Crippen LogP contribution in [0.3, 0.4) is 0 Å². The average Bonchev–Trinajstić information content (AvgIpc) is 2.72. The van der Waals surface area contributed by atoms with Crippen LogP contribution in [-0.2, 0) is 22.6 Å². The van der Waals surface area contributed by atoms with Crippen molar-refractivity contribution in [2.24, 2.45) is 0 Å². The van der Waals surface area contributed by atoms with Crippen LogP contribution in [0.25, 0.3) is 0 Å². The van der Waals surface area contributed by atoms with Crippen LogP contribution in [0.2, 0.25) is 0 Å². The Kier molecular flexibility index (Phi) is 5.64. The second-order valence-electron chi connectivity index (χ2n) is 5.19. The van der Waals surface area contributed by atoms with E-state index in [9.17, 15) is 0 Å². The highest BCUT2D eigenvalue weighted by Gasteiger charge is 2.15. The molecule has 0 bridgehead atoms. The third kappa shape index (κ3) is 5.07. The number of aromatic nitrogens is 4. The fourth-order valence-electron chi connectivity index (χ4n) is 1.41. The van der Waals surface area contributed by atoms with Gasteiger partial charge in [-0.1, -0.05) is 0 Å². The molecule has 0 amide bonds. The Balaban J connectivity index is 2.58. The van der Waals surface area contributed by atoms with Crippen LogP contribution < -0.4 is 5.32 Å². The van der Waals surface area contributed by atoms with Gasteiger partial charge in [-0.2, -0.15) is 0 Å². The van der Waals surface area contributed by atoms with Crippen molar-refractivity contribution in [2.75, 3.05) is 20.8 Å². The molecule has 0 fully saturated rings. The smallest absolute Gasteiger partial charge is 0.165 e. The maximum absolute atomic E-state index is 5.30. The van der Waals surface area contributed by atoms with Gasteiger partial charge in [-0.3, -0.25) is 0 Å². The first kappa shape index (κ1) is 15.0. The molecule has 1 N–H and O–H groups in total. The monoisotopic (exact) mass is 257 g/mol. The molecule has 1 rings (SSSR count). The molecular formula is C11H23N5O2. The Labute approximate surface area is 108 Å². The first-order chi connectivity index (χ1) is 8.46. The molecule has 0 spiro atoms. The summed E-state index contributed by atoms with van der Waals surface area (Å²) in [6, 6.07) is 0. The maximum Gasteiger partial charge on any atom is 0.165 e. The molecule has 1 heterocycles. The van der Waals surface area contributed by atoms with E-state index in [1.807, 2.05) is 0 Å². The standard InChI is InChI=1S/C11H23N5O2/c1-11(2,3)12-6-10-13-14-15-16(10)7-9(18-5)8-17-4/h9,12H,6-8H2,1-5H3. The lowest BCUT2D eigenvalue weighted by molar-refractivity contribution is 0.0154. The van der Waals surface area contributed by atoms with Crippen molar-refractivity contribution in [3.05, 3.63) is 5.82 Å². The van der Waals surface area contributed by atoms with E-state index in [2.05, 4.69) is 41.6 Å². The molecule has 0 aromatic carbocycles. The highest BCUT2D eigenvalue weighted by atomic mass is 16.5. The van der Waals surface area contributed by atoms with Crippen LogP contribution in [0.5, 0.6) is 0 Å². The molecule has 1 aromatic rings. The minimum Gasteiger partial charge on any atom is -0.382 e. The van der Waals surface area contributed by atoms with Crippen LogP contribution in [0.15, 0.2) is 0 Å². The van der Waals surface area contributed by atoms with Gasteiger partial charge in [-0.05, 0) is 31.2 Å². The SMILES string of the molecule is COCC(Cn1nnnc1CNC(C)(C)C)OC. The van der Waals surface area contributed by atoms with E-state index in [-0.39, 0.29) is 11.6 Å². The van der Waals surface area contributed by atoms with Gasteiger partial charge in [0.15, 0.2) is 5.82 Å². The molecule has 18 heavy (non-hydrogen) atoms. The Morgan fingerprint density at radius 1 is 1.33 bits per heavy atom. The summed E-state index contributed by atoms with van der Waals surface area (Å²) in [5.41, 5.74) is 0.0317. The molecular weight excluding hydrogens is 234 g/mol. The maximum atomic E-state index is 5.30. The van der Waals surface area contributed by atoms with Crippen molar-refractivity contribution in [3.8, 4) is 0 Å². The number of ether oxygens (including phenoxy) is 2. The summed E-state index contributed by atoms with van der Waals surface area (Å²) in [4.78, 5) is 0. The molecule has 1 unspecified atom stereocenters. The second-order valence-corrected chi connectivity index (χ2v) is 5.19. The van der Waals surface area contributed by atoms with E-state index in [1.165, 1.54) is 0 Å². The summed E-state index contributed by atoms with van der Waals surface area (Å²) in [5, 5.41) is 15.0. The van der Waals surface area contributed by atoms with E-state index in [0.29, 0.717) is 19.7 Å². The number of nitrogens with zero attached hydrogens (tertiary/aromatic N) is 4. The van der Waals surface area contributed by atoms with E-state index < -0.39 is 0 Å². The normalized spacial score (nSPS) is 13.8. The Bertz CT molecular complexity index is 347. The predicted molar refractivity (Wildman–Crippen MR) is 67.1 cm³/mol. The van der Waals surface area contributed by atoms with Crippen LogP contribution in [0, 0.1) is 0 Å². The Morgan fingerprint density at radius 3 is 2.61 bits per heavy atom. The van der Waals surface area contributed by atoms with Crippen molar-refractivity contribution in [3.63, 3.8) is 0 Å². The highest BCUT2D eigenvalue weighted by Crippen LogP contribution is 2.03. The number of hydrogen-bond donors (Lipinski definition) is 1. The van der Waals surface area contributed by atoms with E-state index in [1.54, 1.807) is 18.9 Å². The first-order valence-corrected chi connectivity index (χ1v) is 5.98. The van der Waals surface area contributed by atoms with Gasteiger partial charge >= 0.3 is 0 Å². The van der Waals surface area contributed by atoms with E-state index in [0.717, 1.165) is 5.82 Å². The van der Waals surface area contributed by atoms with Gasteiger partial charge in [0.1, 0.15) is 6.10 Å². The lowest BCUT2D eigenvalue weighted by atomic mass is 10.1. The minimum atomic E-state index is -0.0492. The second kappa shape index (κ2) is 6.77. The quantitative estimate of drug-likeness (QED) is 0.753. The van der Waals surface area contributed by atoms with Gasteiger partial charge in [0.05, 0.1) is 19.7 Å². The lowest BCUT2D eigenvalue weighted by Crippen LogP contribution is -2.36. The molecule has 0 aliphatic rings. The number of rotatable bonds is 7. The first-order valence-electron chi connectivity index (χ1n) is 5.98. The Morgan fingerprint density at radius 2 is 2.06 bits per heavy atom. The summed E-state index contributed by atoms with van der Waals surface area (Å²) < 4.78 is 12.1. The topological polar surface area (TPSA) is 74.1 Å². The molecule has 1 aromatic heterocycles. The number of nitrogens with one attached hydrogen (secondary N) is 1. The van der Waals surface area contributed by atoms with Crippen molar-refractivity contribution < 1.29 is 9.47 Å². The number of methoxy groups -OCH3 is 2. The summed E-state index contributed by atoms with van der Waals surface area (Å²) in [6.45, 7) is 8.03. The lowest BCUT2D eigenvalue weighted by Gasteiger charge is -2.20. The zero-order valence-electron chi connectivity index (χ0n) is 11.8. The zero-order valence-corrected chi connectivity index (χ0v) is 11.8. The number of hydrogen-bond acceptors (Lipinski definition) is 6. The fourth-order valence-corrected chi connectivity index (χ4v) is 1.41. The molecule has 7 heteroatoms. The van der Waals surface area contributed by atoms with Crippen molar-refractivity contribution >= 4 is 0 Å². The highest BCUT2D eigenvalue weighted by molar-refractivity contribution is 4.84. The third-order valence-electron chi connectivity index (χ3n) is 2.45. The van der Waals surface area contributed by atoms with Crippen LogP contribution in [-0.4, -0.2) is 52.7 Å². The average molecular weight is 257 g/mol.